The van der Waals surface area contributed by atoms with Gasteiger partial charge in [0.15, 0.2) is 6.04 Å². The van der Waals surface area contributed by atoms with Crippen LogP contribution < -0.4 is 10.7 Å². The molecule has 0 bridgehead atoms. The summed E-state index contributed by atoms with van der Waals surface area (Å²) < 4.78 is 45.0. The molecule has 1 amide bonds. The largest absolute Gasteiger partial charge is 0.444 e. The van der Waals surface area contributed by atoms with Crippen molar-refractivity contribution in [2.24, 2.45) is 10.3 Å². The molecule has 2 N–H and O–H groups in total. The van der Waals surface area contributed by atoms with Crippen molar-refractivity contribution in [1.29, 1.82) is 5.26 Å². The molecule has 0 fully saturated rings. The number of nitrogens with zero attached hydrogens (tertiary/aromatic N) is 3. The van der Waals surface area contributed by atoms with E-state index < -0.39 is 35.5 Å². The van der Waals surface area contributed by atoms with Gasteiger partial charge < -0.3 is 4.74 Å². The first kappa shape index (κ1) is 22.1. The molecule has 10 heteroatoms. The third-order valence-corrected chi connectivity index (χ3v) is 4.36. The lowest BCUT2D eigenvalue weighted by Gasteiger charge is -2.21. The quantitative estimate of drug-likeness (QED) is 0.659. The summed E-state index contributed by atoms with van der Waals surface area (Å²) in [6, 6.07) is 10.2. The molecule has 0 aromatic heterocycles. The Hall–Kier alpha value is -3.61. The van der Waals surface area contributed by atoms with Crippen LogP contribution in [0.1, 0.15) is 37.9 Å². The maximum Gasteiger partial charge on any atom is 0.416 e. The van der Waals surface area contributed by atoms with E-state index in [0.29, 0.717) is 11.1 Å². The van der Waals surface area contributed by atoms with Crippen LogP contribution in [0.15, 0.2) is 52.8 Å². The molecule has 31 heavy (non-hydrogen) atoms. The Bertz CT molecular complexity index is 1050. The van der Waals surface area contributed by atoms with E-state index in [1.54, 1.807) is 32.9 Å². The lowest BCUT2D eigenvalue weighted by molar-refractivity contribution is -0.137. The number of ether oxygens (including phenoxy) is 1. The molecule has 0 aliphatic carbocycles. The molecule has 7 nitrogen and oxygen atoms in total. The van der Waals surface area contributed by atoms with Gasteiger partial charge in [0, 0.05) is 5.56 Å². The van der Waals surface area contributed by atoms with E-state index in [4.69, 9.17) is 4.74 Å². The number of nitriles is 1. The summed E-state index contributed by atoms with van der Waals surface area (Å²) in [6.45, 7) is 5.09. The highest BCUT2D eigenvalue weighted by molar-refractivity contribution is 5.92. The van der Waals surface area contributed by atoms with E-state index in [9.17, 15) is 23.2 Å². The van der Waals surface area contributed by atoms with E-state index in [-0.39, 0.29) is 11.3 Å². The van der Waals surface area contributed by atoms with Crippen LogP contribution in [0.3, 0.4) is 0 Å². The van der Waals surface area contributed by atoms with Crippen LogP contribution in [0.2, 0.25) is 0 Å². The van der Waals surface area contributed by atoms with Gasteiger partial charge in [-0.25, -0.2) is 4.79 Å². The molecule has 0 radical (unpaired) electrons. The summed E-state index contributed by atoms with van der Waals surface area (Å²) in [5.41, 5.74) is 2.38. The molecule has 2 aromatic carbocycles. The molecule has 3 rings (SSSR count). The molecule has 2 unspecified atom stereocenters. The number of rotatable bonds is 3. The van der Waals surface area contributed by atoms with Crippen LogP contribution >= 0.6 is 0 Å². The van der Waals surface area contributed by atoms with Gasteiger partial charge in [-0.05, 0) is 56.2 Å². The topological polar surface area (TPSA) is 98.9 Å². The molecular formula is C21H20F3N5O2. The predicted octanol–water partition coefficient (Wildman–Crippen LogP) is 5.62. The van der Waals surface area contributed by atoms with Crippen molar-refractivity contribution in [3.63, 3.8) is 0 Å². The lowest BCUT2D eigenvalue weighted by atomic mass is 9.94. The Morgan fingerprint density at radius 1 is 1.19 bits per heavy atom. The monoisotopic (exact) mass is 431 g/mol. The van der Waals surface area contributed by atoms with Crippen LogP contribution in [0, 0.1) is 11.3 Å². The first-order chi connectivity index (χ1) is 14.5. The number of nitrogens with one attached hydrogen (secondary N) is 2. The van der Waals surface area contributed by atoms with Gasteiger partial charge in [0.05, 0.1) is 17.3 Å². The number of anilines is 1. The summed E-state index contributed by atoms with van der Waals surface area (Å²) in [4.78, 5) is 12.3. The molecule has 1 aliphatic heterocycles. The fraction of sp³-hybridized carbons (Fsp3) is 0.333. The average molecular weight is 431 g/mol. The normalized spacial score (nSPS) is 18.2. The van der Waals surface area contributed by atoms with E-state index >= 15 is 0 Å². The van der Waals surface area contributed by atoms with Crippen LogP contribution in [0.5, 0.6) is 0 Å². The maximum atomic E-state index is 13.2. The van der Waals surface area contributed by atoms with E-state index in [0.717, 1.165) is 12.1 Å². The highest BCUT2D eigenvalue weighted by Gasteiger charge is 2.31. The van der Waals surface area contributed by atoms with Gasteiger partial charge in [0.25, 0.3) is 0 Å². The van der Waals surface area contributed by atoms with Crippen molar-refractivity contribution in [3.05, 3.63) is 53.6 Å². The molecule has 0 spiro atoms. The van der Waals surface area contributed by atoms with Crippen LogP contribution in [0.25, 0.3) is 11.1 Å². The summed E-state index contributed by atoms with van der Waals surface area (Å²) in [7, 11) is 0. The highest BCUT2D eigenvalue weighted by Crippen LogP contribution is 2.37. The van der Waals surface area contributed by atoms with Gasteiger partial charge >= 0.3 is 12.3 Å². The number of benzene rings is 2. The Labute approximate surface area is 176 Å². The Morgan fingerprint density at radius 2 is 1.94 bits per heavy atom. The highest BCUT2D eigenvalue weighted by atomic mass is 19.4. The Balaban J connectivity index is 2.06. The number of hydrogen-bond donors (Lipinski definition) is 2. The minimum Gasteiger partial charge on any atom is -0.444 e. The molecule has 2 aromatic rings. The standard InChI is InChI=1S/C21H20F3N5O2/c1-20(2,3)31-19(30)26-16-8-7-13(18-17(11-25)27-29-28-18)10-15(16)12-5-4-6-14(9-12)21(22,23)24/h4-10,17-18H,1-3H3,(H,26,30)(H,27,28). The zero-order valence-electron chi connectivity index (χ0n) is 17.0. The van der Waals surface area contributed by atoms with Gasteiger partial charge in [-0.15, -0.1) is 0 Å². The van der Waals surface area contributed by atoms with E-state index in [2.05, 4.69) is 21.1 Å². The molecule has 0 saturated heterocycles. The van der Waals surface area contributed by atoms with Crippen LogP contribution in [-0.2, 0) is 10.9 Å². The van der Waals surface area contributed by atoms with Crippen LogP contribution in [0.4, 0.5) is 23.7 Å². The molecule has 2 atom stereocenters. The number of carbonyl (C=O) groups is 1. The van der Waals surface area contributed by atoms with Crippen molar-refractivity contribution in [2.75, 3.05) is 5.32 Å². The Kier molecular flexibility index (Phi) is 5.88. The van der Waals surface area contributed by atoms with Gasteiger partial charge in [-0.2, -0.15) is 23.5 Å². The molecule has 162 valence electrons. The second-order valence-corrected chi connectivity index (χ2v) is 7.91. The summed E-state index contributed by atoms with van der Waals surface area (Å²) in [5.74, 6) is 0. The molecule has 1 heterocycles. The zero-order chi connectivity index (χ0) is 22.8. The third kappa shape index (κ3) is 5.31. The van der Waals surface area contributed by atoms with Gasteiger partial charge in [0.1, 0.15) is 11.6 Å². The fourth-order valence-electron chi connectivity index (χ4n) is 3.02. The minimum absolute atomic E-state index is 0.235. The van der Waals surface area contributed by atoms with E-state index in [1.807, 2.05) is 6.07 Å². The number of carbonyl (C=O) groups excluding carboxylic acids is 1. The Morgan fingerprint density at radius 3 is 2.58 bits per heavy atom. The predicted molar refractivity (Wildman–Crippen MR) is 107 cm³/mol. The molecule has 0 saturated carbocycles. The third-order valence-electron chi connectivity index (χ3n) is 4.36. The van der Waals surface area contributed by atoms with Crippen molar-refractivity contribution in [3.8, 4) is 17.2 Å². The van der Waals surface area contributed by atoms with E-state index in [1.165, 1.54) is 18.2 Å². The second kappa shape index (κ2) is 8.26. The summed E-state index contributed by atoms with van der Waals surface area (Å²) >= 11 is 0. The SMILES string of the molecule is CC(C)(C)OC(=O)Nc1ccc(C2N=NNC2C#N)cc1-c1cccc(C(F)(F)F)c1. The van der Waals surface area contributed by atoms with Crippen molar-refractivity contribution in [1.82, 2.24) is 5.43 Å². The lowest BCUT2D eigenvalue weighted by Crippen LogP contribution is -2.27. The smallest absolute Gasteiger partial charge is 0.416 e. The number of halogens is 3. The van der Waals surface area contributed by atoms with Gasteiger partial charge in [0.2, 0.25) is 0 Å². The number of hydrogen-bond acceptors (Lipinski definition) is 6. The van der Waals surface area contributed by atoms with Crippen molar-refractivity contribution < 1.29 is 22.7 Å². The van der Waals surface area contributed by atoms with Crippen LogP contribution in [-0.4, -0.2) is 17.7 Å². The summed E-state index contributed by atoms with van der Waals surface area (Å²) in [5, 5.41) is 19.5. The zero-order valence-corrected chi connectivity index (χ0v) is 17.0. The first-order valence-electron chi connectivity index (χ1n) is 9.34. The van der Waals surface area contributed by atoms with Crippen molar-refractivity contribution >= 4 is 11.8 Å². The molecular weight excluding hydrogens is 411 g/mol. The van der Waals surface area contributed by atoms with Gasteiger partial charge in [-0.3, -0.25) is 10.7 Å². The number of alkyl halides is 3. The second-order valence-electron chi connectivity index (χ2n) is 7.91. The summed E-state index contributed by atoms with van der Waals surface area (Å²) in [6.07, 6.45) is -5.27. The first-order valence-corrected chi connectivity index (χ1v) is 9.34. The number of amides is 1. The average Bonchev–Trinajstić information content (AvgIpc) is 3.15. The van der Waals surface area contributed by atoms with Gasteiger partial charge in [-0.1, -0.05) is 23.4 Å². The minimum atomic E-state index is -4.53. The van der Waals surface area contributed by atoms with Crippen molar-refractivity contribution in [2.45, 2.75) is 44.6 Å². The fourth-order valence-corrected chi connectivity index (χ4v) is 3.02. The maximum absolute atomic E-state index is 13.2. The molecule has 1 aliphatic rings.